The summed E-state index contributed by atoms with van der Waals surface area (Å²) in [6, 6.07) is 12.4. The smallest absolute Gasteiger partial charge is 0.234 e. The van der Waals surface area contributed by atoms with Gasteiger partial charge in [-0.3, -0.25) is 14.7 Å². The van der Waals surface area contributed by atoms with Crippen molar-refractivity contribution in [2.75, 3.05) is 19.6 Å². The van der Waals surface area contributed by atoms with Crippen LogP contribution in [0.15, 0.2) is 47.1 Å². The van der Waals surface area contributed by atoms with E-state index in [2.05, 4.69) is 50.5 Å². The molecule has 0 radical (unpaired) electrons. The van der Waals surface area contributed by atoms with Crippen molar-refractivity contribution in [1.82, 2.24) is 25.3 Å². The predicted molar refractivity (Wildman–Crippen MR) is 126 cm³/mol. The van der Waals surface area contributed by atoms with Crippen molar-refractivity contribution >= 4 is 5.91 Å². The fraction of sp³-hybridized carbons (Fsp3) is 0.462. The van der Waals surface area contributed by atoms with Gasteiger partial charge in [-0.2, -0.15) is 4.98 Å². The normalized spacial score (nSPS) is 18.0. The monoisotopic (exact) mass is 445 g/mol. The van der Waals surface area contributed by atoms with Crippen molar-refractivity contribution in [2.45, 2.75) is 57.4 Å². The molecule has 1 fully saturated rings. The summed E-state index contributed by atoms with van der Waals surface area (Å²) in [6.45, 7) is 4.17. The first-order valence-corrected chi connectivity index (χ1v) is 12.0. The highest BCUT2D eigenvalue weighted by Crippen LogP contribution is 2.28. The molecule has 1 N–H and O–H groups in total. The number of carbonyl (C=O) groups excluding carboxylic acids is 1. The summed E-state index contributed by atoms with van der Waals surface area (Å²) in [5.74, 6) is 1.50. The molecule has 0 spiro atoms. The maximum atomic E-state index is 12.7. The first kappa shape index (κ1) is 21.8. The average molecular weight is 446 g/mol. The van der Waals surface area contributed by atoms with Crippen LogP contribution in [-0.4, -0.2) is 45.6 Å². The summed E-state index contributed by atoms with van der Waals surface area (Å²) >= 11 is 0. The van der Waals surface area contributed by atoms with Crippen molar-refractivity contribution in [3.8, 4) is 11.5 Å². The van der Waals surface area contributed by atoms with Gasteiger partial charge >= 0.3 is 0 Å². The quantitative estimate of drug-likeness (QED) is 0.616. The number of piperidine rings is 1. The van der Waals surface area contributed by atoms with E-state index in [1.807, 2.05) is 18.2 Å². The van der Waals surface area contributed by atoms with Gasteiger partial charge in [0, 0.05) is 12.1 Å². The van der Waals surface area contributed by atoms with Crippen LogP contribution in [0.4, 0.5) is 0 Å². The van der Waals surface area contributed by atoms with E-state index in [0.717, 1.165) is 38.0 Å². The molecule has 1 aromatic carbocycles. The Hall–Kier alpha value is -3.06. The van der Waals surface area contributed by atoms with Gasteiger partial charge in [0.1, 0.15) is 5.69 Å². The molecule has 1 aliphatic carbocycles. The Balaban J connectivity index is 1.11. The molecule has 2 aliphatic rings. The van der Waals surface area contributed by atoms with Gasteiger partial charge in [-0.25, -0.2) is 0 Å². The third kappa shape index (κ3) is 5.14. The zero-order valence-corrected chi connectivity index (χ0v) is 19.2. The second-order valence-electron chi connectivity index (χ2n) is 9.25. The van der Waals surface area contributed by atoms with E-state index in [-0.39, 0.29) is 17.9 Å². The van der Waals surface area contributed by atoms with Gasteiger partial charge in [-0.15, -0.1) is 0 Å². The van der Waals surface area contributed by atoms with Crippen LogP contribution in [0, 0.1) is 0 Å². The Kier molecular flexibility index (Phi) is 6.48. The Morgan fingerprint density at radius 1 is 1.15 bits per heavy atom. The molecule has 5 rings (SSSR count). The average Bonchev–Trinajstić information content (AvgIpc) is 3.35. The summed E-state index contributed by atoms with van der Waals surface area (Å²) < 4.78 is 5.52. The molecule has 172 valence electrons. The first-order valence-electron chi connectivity index (χ1n) is 12.0. The van der Waals surface area contributed by atoms with Crippen LogP contribution in [-0.2, 0) is 17.6 Å². The molecule has 33 heavy (non-hydrogen) atoms. The number of pyridine rings is 1. The second kappa shape index (κ2) is 9.83. The van der Waals surface area contributed by atoms with E-state index in [4.69, 9.17) is 4.52 Å². The molecule has 1 atom stereocenters. The summed E-state index contributed by atoms with van der Waals surface area (Å²) in [6.07, 6.45) is 8.41. The van der Waals surface area contributed by atoms with Crippen LogP contribution in [0.1, 0.15) is 67.1 Å². The lowest BCUT2D eigenvalue weighted by molar-refractivity contribution is -0.123. The van der Waals surface area contributed by atoms with E-state index < -0.39 is 0 Å². The summed E-state index contributed by atoms with van der Waals surface area (Å²) in [4.78, 5) is 23.7. The van der Waals surface area contributed by atoms with E-state index in [1.165, 1.54) is 36.0 Å². The zero-order chi connectivity index (χ0) is 22.6. The number of hydrogen-bond donors (Lipinski definition) is 1. The Morgan fingerprint density at radius 2 is 1.97 bits per heavy atom. The van der Waals surface area contributed by atoms with Gasteiger partial charge < -0.3 is 9.84 Å². The predicted octanol–water partition coefficient (Wildman–Crippen LogP) is 4.07. The van der Waals surface area contributed by atoms with Crippen LogP contribution < -0.4 is 5.32 Å². The molecule has 1 aliphatic heterocycles. The largest absolute Gasteiger partial charge is 0.348 e. The van der Waals surface area contributed by atoms with E-state index in [1.54, 1.807) is 6.20 Å². The first-order chi connectivity index (χ1) is 16.2. The van der Waals surface area contributed by atoms with E-state index in [9.17, 15) is 4.79 Å². The number of rotatable bonds is 6. The molecule has 1 unspecified atom stereocenters. The van der Waals surface area contributed by atoms with Crippen LogP contribution in [0.25, 0.3) is 11.5 Å². The maximum Gasteiger partial charge on any atom is 0.234 e. The van der Waals surface area contributed by atoms with Crippen LogP contribution in [0.2, 0.25) is 0 Å². The number of likely N-dealkylation sites (tertiary alicyclic amines) is 1. The van der Waals surface area contributed by atoms with E-state index in [0.29, 0.717) is 18.3 Å². The van der Waals surface area contributed by atoms with Gasteiger partial charge in [0.25, 0.3) is 0 Å². The van der Waals surface area contributed by atoms with Crippen LogP contribution >= 0.6 is 0 Å². The molecule has 7 nitrogen and oxygen atoms in total. The number of nitrogens with zero attached hydrogens (tertiary/aromatic N) is 4. The number of carbonyl (C=O) groups is 1. The van der Waals surface area contributed by atoms with Gasteiger partial charge in [0.2, 0.25) is 17.6 Å². The van der Waals surface area contributed by atoms with Gasteiger partial charge in [0.15, 0.2) is 0 Å². The molecular formula is C26H31N5O2. The minimum Gasteiger partial charge on any atom is -0.348 e. The number of fused-ring (bicyclic) bond motifs is 1. The number of amides is 1. The molecular weight excluding hydrogens is 414 g/mol. The number of benzene rings is 1. The lowest BCUT2D eigenvalue weighted by atomic mass is 9.89. The SMILES string of the molecule is CC(NC(=O)CN1CCC(c2nc(-c3ccccn3)no2)CC1)c1ccc2c(c1)CCCC2. The van der Waals surface area contributed by atoms with Crippen molar-refractivity contribution in [2.24, 2.45) is 0 Å². The third-order valence-electron chi connectivity index (χ3n) is 6.89. The Bertz CT molecular complexity index is 1090. The highest BCUT2D eigenvalue weighted by molar-refractivity contribution is 5.78. The fourth-order valence-corrected chi connectivity index (χ4v) is 4.93. The molecule has 0 saturated carbocycles. The van der Waals surface area contributed by atoms with Gasteiger partial charge in [0.05, 0.1) is 12.6 Å². The molecule has 2 aromatic heterocycles. The van der Waals surface area contributed by atoms with Gasteiger partial charge in [-0.05, 0) is 87.4 Å². The topological polar surface area (TPSA) is 84.2 Å². The standard InChI is InChI=1S/C26H31N5O2/c1-18(21-10-9-19-6-2-3-7-22(19)16-21)28-24(32)17-31-14-11-20(12-15-31)26-29-25(30-33-26)23-8-4-5-13-27-23/h4-5,8-10,13,16,18,20H,2-3,6-7,11-12,14-15,17H2,1H3,(H,28,32). The highest BCUT2D eigenvalue weighted by atomic mass is 16.5. The molecule has 3 heterocycles. The Morgan fingerprint density at radius 3 is 2.76 bits per heavy atom. The minimum atomic E-state index is 0.0191. The summed E-state index contributed by atoms with van der Waals surface area (Å²) in [7, 11) is 0. The lowest BCUT2D eigenvalue weighted by Crippen LogP contribution is -2.41. The van der Waals surface area contributed by atoms with Crippen molar-refractivity contribution in [1.29, 1.82) is 0 Å². The highest BCUT2D eigenvalue weighted by Gasteiger charge is 2.27. The second-order valence-corrected chi connectivity index (χ2v) is 9.25. The molecule has 1 saturated heterocycles. The minimum absolute atomic E-state index is 0.0191. The third-order valence-corrected chi connectivity index (χ3v) is 6.89. The summed E-state index contributed by atoms with van der Waals surface area (Å²) in [5, 5.41) is 7.28. The fourth-order valence-electron chi connectivity index (χ4n) is 4.93. The van der Waals surface area contributed by atoms with Crippen molar-refractivity contribution in [3.05, 3.63) is 65.2 Å². The van der Waals surface area contributed by atoms with Crippen molar-refractivity contribution < 1.29 is 9.32 Å². The van der Waals surface area contributed by atoms with Crippen LogP contribution in [0.3, 0.4) is 0 Å². The molecule has 1 amide bonds. The number of aryl methyl sites for hydroxylation is 2. The zero-order valence-electron chi connectivity index (χ0n) is 19.2. The molecule has 0 bridgehead atoms. The maximum absolute atomic E-state index is 12.7. The van der Waals surface area contributed by atoms with E-state index >= 15 is 0 Å². The molecule has 3 aromatic rings. The summed E-state index contributed by atoms with van der Waals surface area (Å²) in [5.41, 5.74) is 4.84. The van der Waals surface area contributed by atoms with Crippen molar-refractivity contribution in [3.63, 3.8) is 0 Å². The molecule has 7 heteroatoms. The number of hydrogen-bond acceptors (Lipinski definition) is 6. The lowest BCUT2D eigenvalue weighted by Gasteiger charge is -2.30. The van der Waals surface area contributed by atoms with Crippen LogP contribution in [0.5, 0.6) is 0 Å². The Labute approximate surface area is 194 Å². The number of aromatic nitrogens is 3. The van der Waals surface area contributed by atoms with Gasteiger partial charge in [-0.1, -0.05) is 29.4 Å². The number of nitrogens with one attached hydrogen (secondary N) is 1.